The van der Waals surface area contributed by atoms with E-state index in [2.05, 4.69) is 0 Å². The Balaban J connectivity index is 2.59. The smallest absolute Gasteiger partial charge is 0.303 e. The van der Waals surface area contributed by atoms with Gasteiger partial charge in [0.1, 0.15) is 6.29 Å². The number of hydrogen-bond donors (Lipinski definition) is 0. The summed E-state index contributed by atoms with van der Waals surface area (Å²) in [6.07, 6.45) is -1.44. The van der Waals surface area contributed by atoms with E-state index < -0.39 is 11.7 Å². The van der Waals surface area contributed by atoms with Crippen molar-refractivity contribution in [3.63, 3.8) is 0 Å². The van der Waals surface area contributed by atoms with Crippen molar-refractivity contribution in [2.45, 2.75) is 32.4 Å². The molecule has 4 heteroatoms. The van der Waals surface area contributed by atoms with Crippen molar-refractivity contribution in [2.75, 3.05) is 0 Å². The molecule has 1 aromatic rings. The van der Waals surface area contributed by atoms with Gasteiger partial charge in [0.05, 0.1) is 5.56 Å². The lowest BCUT2D eigenvalue weighted by Gasteiger charge is -2.11. The van der Waals surface area contributed by atoms with Crippen molar-refractivity contribution in [3.8, 4) is 0 Å². The molecule has 0 heterocycles. The van der Waals surface area contributed by atoms with Crippen LogP contribution in [0.4, 0.5) is 13.2 Å². The van der Waals surface area contributed by atoms with Crippen molar-refractivity contribution in [1.82, 2.24) is 0 Å². The van der Waals surface area contributed by atoms with Crippen LogP contribution < -0.4 is 0 Å². The van der Waals surface area contributed by atoms with Gasteiger partial charge in [-0.2, -0.15) is 13.2 Å². The van der Waals surface area contributed by atoms with E-state index in [1.54, 1.807) is 0 Å². The van der Waals surface area contributed by atoms with E-state index in [0.29, 0.717) is 18.8 Å². The zero-order chi connectivity index (χ0) is 12.9. The number of carbonyl (C=O) groups is 1. The van der Waals surface area contributed by atoms with E-state index in [9.17, 15) is 18.0 Å². The van der Waals surface area contributed by atoms with Gasteiger partial charge in [-0.15, -0.1) is 0 Å². The highest BCUT2D eigenvalue weighted by atomic mass is 19.4. The van der Waals surface area contributed by atoms with Crippen molar-refractivity contribution >= 4 is 6.29 Å². The van der Waals surface area contributed by atoms with Crippen molar-refractivity contribution in [3.05, 3.63) is 35.4 Å². The van der Waals surface area contributed by atoms with E-state index in [1.807, 2.05) is 6.92 Å². The lowest BCUT2D eigenvalue weighted by atomic mass is 9.96. The first-order valence-electron chi connectivity index (χ1n) is 5.53. The maximum absolute atomic E-state index is 12.3. The number of benzene rings is 1. The normalized spacial score (nSPS) is 13.4. The maximum atomic E-state index is 12.3. The van der Waals surface area contributed by atoms with Gasteiger partial charge in [-0.05, 0) is 36.5 Å². The van der Waals surface area contributed by atoms with E-state index in [0.717, 1.165) is 30.4 Å². The highest BCUT2D eigenvalue weighted by Crippen LogP contribution is 2.29. The molecule has 17 heavy (non-hydrogen) atoms. The molecule has 0 saturated heterocycles. The molecule has 0 aromatic heterocycles. The summed E-state index contributed by atoms with van der Waals surface area (Å²) in [5.74, 6) is 0.303. The lowest BCUT2D eigenvalue weighted by Crippen LogP contribution is -2.05. The fourth-order valence-corrected chi connectivity index (χ4v) is 1.69. The molecular weight excluding hydrogens is 229 g/mol. The van der Waals surface area contributed by atoms with Crippen LogP contribution in [0.5, 0.6) is 0 Å². The zero-order valence-corrected chi connectivity index (χ0v) is 9.63. The van der Waals surface area contributed by atoms with Gasteiger partial charge in [0.2, 0.25) is 0 Å². The van der Waals surface area contributed by atoms with Crippen LogP contribution in [0.2, 0.25) is 0 Å². The minimum atomic E-state index is -4.28. The second kappa shape index (κ2) is 5.84. The summed E-state index contributed by atoms with van der Waals surface area (Å²) in [6, 6.07) is 5.20. The van der Waals surface area contributed by atoms with Gasteiger partial charge >= 0.3 is 6.18 Å². The fraction of sp³-hybridized carbons (Fsp3) is 0.462. The van der Waals surface area contributed by atoms with Crippen LogP contribution in [-0.4, -0.2) is 6.29 Å². The third-order valence-electron chi connectivity index (χ3n) is 2.64. The van der Waals surface area contributed by atoms with E-state index in [-0.39, 0.29) is 0 Å². The monoisotopic (exact) mass is 244 g/mol. The highest BCUT2D eigenvalue weighted by Gasteiger charge is 2.29. The minimum Gasteiger partial charge on any atom is -0.303 e. The molecule has 0 aliphatic rings. The Hall–Kier alpha value is -1.32. The van der Waals surface area contributed by atoms with Crippen LogP contribution in [-0.2, 0) is 17.4 Å². The Labute approximate surface area is 98.6 Å². The lowest BCUT2D eigenvalue weighted by molar-refractivity contribution is -0.137. The van der Waals surface area contributed by atoms with Gasteiger partial charge in [0, 0.05) is 6.42 Å². The molecule has 0 amide bonds. The van der Waals surface area contributed by atoms with Crippen molar-refractivity contribution < 1.29 is 18.0 Å². The molecule has 0 aliphatic carbocycles. The van der Waals surface area contributed by atoms with Gasteiger partial charge in [-0.3, -0.25) is 0 Å². The molecule has 1 rings (SSSR count). The van der Waals surface area contributed by atoms with E-state index in [4.69, 9.17) is 0 Å². The fourth-order valence-electron chi connectivity index (χ4n) is 1.69. The van der Waals surface area contributed by atoms with Crippen LogP contribution in [0.1, 0.15) is 30.9 Å². The first-order chi connectivity index (χ1) is 7.93. The largest absolute Gasteiger partial charge is 0.416 e. The molecule has 0 bridgehead atoms. The summed E-state index contributed by atoms with van der Waals surface area (Å²) in [5.41, 5.74) is 0.248. The second-order valence-corrected chi connectivity index (χ2v) is 4.25. The Morgan fingerprint density at radius 1 is 1.24 bits per heavy atom. The van der Waals surface area contributed by atoms with E-state index in [1.165, 1.54) is 12.1 Å². The summed E-state index contributed by atoms with van der Waals surface area (Å²) in [6.45, 7) is 1.99. The van der Waals surface area contributed by atoms with Crippen LogP contribution >= 0.6 is 0 Å². The Morgan fingerprint density at radius 2 is 1.82 bits per heavy atom. The van der Waals surface area contributed by atoms with Crippen LogP contribution in [0.15, 0.2) is 24.3 Å². The zero-order valence-electron chi connectivity index (χ0n) is 9.63. The molecule has 0 N–H and O–H groups in total. The average Bonchev–Trinajstić information content (AvgIpc) is 2.26. The summed E-state index contributed by atoms with van der Waals surface area (Å²) < 4.78 is 36.9. The molecule has 0 spiro atoms. The molecule has 94 valence electrons. The van der Waals surface area contributed by atoms with Crippen LogP contribution in [0.3, 0.4) is 0 Å². The van der Waals surface area contributed by atoms with Gasteiger partial charge in [0.15, 0.2) is 0 Å². The summed E-state index contributed by atoms with van der Waals surface area (Å²) >= 11 is 0. The first-order valence-corrected chi connectivity index (χ1v) is 5.53. The summed E-state index contributed by atoms with van der Waals surface area (Å²) in [7, 11) is 0. The SMILES string of the molecule is CC(CCC=O)Cc1ccc(C(F)(F)F)cc1. The maximum Gasteiger partial charge on any atom is 0.416 e. The molecule has 0 fully saturated rings. The minimum absolute atomic E-state index is 0.303. The Bertz CT molecular complexity index is 354. The number of alkyl halides is 3. The molecule has 1 unspecified atom stereocenters. The number of rotatable bonds is 5. The standard InChI is InChI=1S/C13H15F3O/c1-10(3-2-8-17)9-11-4-6-12(7-5-11)13(14,15)16/h4-8,10H,2-3,9H2,1H3. The topological polar surface area (TPSA) is 17.1 Å². The van der Waals surface area contributed by atoms with Crippen molar-refractivity contribution in [1.29, 1.82) is 0 Å². The van der Waals surface area contributed by atoms with Gasteiger partial charge < -0.3 is 4.79 Å². The van der Waals surface area contributed by atoms with E-state index >= 15 is 0 Å². The van der Waals surface area contributed by atoms with Gasteiger partial charge in [0.25, 0.3) is 0 Å². The number of hydrogen-bond acceptors (Lipinski definition) is 1. The molecule has 0 radical (unpaired) electrons. The predicted molar refractivity (Wildman–Crippen MR) is 59.6 cm³/mol. The van der Waals surface area contributed by atoms with Crippen molar-refractivity contribution in [2.24, 2.45) is 5.92 Å². The number of carbonyl (C=O) groups excluding carboxylic acids is 1. The first kappa shape index (κ1) is 13.7. The van der Waals surface area contributed by atoms with Gasteiger partial charge in [-0.1, -0.05) is 19.1 Å². The second-order valence-electron chi connectivity index (χ2n) is 4.25. The third kappa shape index (κ3) is 4.59. The molecule has 1 nitrogen and oxygen atoms in total. The van der Waals surface area contributed by atoms with Gasteiger partial charge in [-0.25, -0.2) is 0 Å². The predicted octanol–water partition coefficient (Wildman–Crippen LogP) is 3.86. The molecular formula is C13H15F3O. The van der Waals surface area contributed by atoms with Crippen LogP contribution in [0, 0.1) is 5.92 Å². The Morgan fingerprint density at radius 3 is 2.29 bits per heavy atom. The summed E-state index contributed by atoms with van der Waals surface area (Å²) in [4.78, 5) is 10.2. The molecule has 0 aliphatic heterocycles. The average molecular weight is 244 g/mol. The molecule has 1 aromatic carbocycles. The molecule has 1 atom stereocenters. The number of aldehydes is 1. The quantitative estimate of drug-likeness (QED) is 0.719. The number of halogens is 3. The highest BCUT2D eigenvalue weighted by molar-refractivity contribution is 5.49. The van der Waals surface area contributed by atoms with Crippen LogP contribution in [0.25, 0.3) is 0 Å². The third-order valence-corrected chi connectivity index (χ3v) is 2.64. The summed E-state index contributed by atoms with van der Waals surface area (Å²) in [5, 5.41) is 0. The Kier molecular flexibility index (Phi) is 4.73. The molecule has 0 saturated carbocycles.